The van der Waals surface area contributed by atoms with Crippen LogP contribution in [0.15, 0.2) is 24.3 Å². The summed E-state index contributed by atoms with van der Waals surface area (Å²) in [5.41, 5.74) is 1.43. The number of hydrogen-bond donors (Lipinski definition) is 2. The first-order chi connectivity index (χ1) is 11.6. The summed E-state index contributed by atoms with van der Waals surface area (Å²) in [5, 5.41) is 5.94. The van der Waals surface area contributed by atoms with Gasteiger partial charge < -0.3 is 15.5 Å². The van der Waals surface area contributed by atoms with Gasteiger partial charge in [0, 0.05) is 30.8 Å². The van der Waals surface area contributed by atoms with Gasteiger partial charge in [-0.25, -0.2) is 0 Å². The zero-order valence-corrected chi connectivity index (χ0v) is 15.0. The molecule has 0 aromatic heterocycles. The summed E-state index contributed by atoms with van der Waals surface area (Å²) in [5.74, 6) is 0.00707. The maximum absolute atomic E-state index is 12.3. The summed E-state index contributed by atoms with van der Waals surface area (Å²) in [6, 6.07) is 7.18. The molecule has 1 fully saturated rings. The molecule has 0 aliphatic carbocycles. The molecule has 1 aromatic carbocycles. The van der Waals surface area contributed by atoms with Crippen LogP contribution in [-0.4, -0.2) is 34.9 Å². The molecule has 0 bridgehead atoms. The van der Waals surface area contributed by atoms with Crippen molar-refractivity contribution in [3.05, 3.63) is 29.8 Å². The van der Waals surface area contributed by atoms with Gasteiger partial charge in [-0.1, -0.05) is 19.8 Å². The van der Waals surface area contributed by atoms with Crippen LogP contribution < -0.4 is 10.6 Å². The Kier molecular flexibility index (Phi) is 7.18. The molecule has 1 heterocycles. The van der Waals surface area contributed by atoms with Crippen molar-refractivity contribution < 1.29 is 9.59 Å². The number of anilines is 1. The van der Waals surface area contributed by atoms with E-state index < -0.39 is 0 Å². The molecule has 0 atom stereocenters. The summed E-state index contributed by atoms with van der Waals surface area (Å²) in [6.45, 7) is 3.78. The first-order valence-electron chi connectivity index (χ1n) is 8.60. The smallest absolute Gasteiger partial charge is 0.253 e. The number of likely N-dealkylation sites (tertiary alicyclic amines) is 1. The number of nitrogens with one attached hydrogen (secondary N) is 2. The number of amides is 2. The van der Waals surface area contributed by atoms with E-state index in [2.05, 4.69) is 17.6 Å². The fourth-order valence-electron chi connectivity index (χ4n) is 2.69. The van der Waals surface area contributed by atoms with Crippen molar-refractivity contribution in [2.75, 3.05) is 18.4 Å². The third kappa shape index (κ3) is 5.60. The van der Waals surface area contributed by atoms with Gasteiger partial charge in [-0.15, -0.1) is 0 Å². The van der Waals surface area contributed by atoms with Crippen LogP contribution in [0, 0.1) is 0 Å². The van der Waals surface area contributed by atoms with Crippen LogP contribution in [0.4, 0.5) is 5.69 Å². The third-order valence-electron chi connectivity index (χ3n) is 4.04. The fourth-order valence-corrected chi connectivity index (χ4v) is 2.92. The highest BCUT2D eigenvalue weighted by Crippen LogP contribution is 2.15. The maximum atomic E-state index is 12.3. The van der Waals surface area contributed by atoms with Gasteiger partial charge in [-0.2, -0.15) is 0 Å². The Morgan fingerprint density at radius 2 is 1.79 bits per heavy atom. The van der Waals surface area contributed by atoms with Gasteiger partial charge in [0.2, 0.25) is 5.91 Å². The van der Waals surface area contributed by atoms with Crippen LogP contribution in [0.5, 0.6) is 0 Å². The molecule has 1 saturated heterocycles. The van der Waals surface area contributed by atoms with Gasteiger partial charge in [-0.3, -0.25) is 9.59 Å². The average Bonchev–Trinajstić information content (AvgIpc) is 3.09. The van der Waals surface area contributed by atoms with Crippen molar-refractivity contribution >= 4 is 34.8 Å². The van der Waals surface area contributed by atoms with E-state index in [0.29, 0.717) is 12.0 Å². The molecule has 5 nitrogen and oxygen atoms in total. The Labute approximate surface area is 148 Å². The van der Waals surface area contributed by atoms with Crippen molar-refractivity contribution in [2.24, 2.45) is 0 Å². The molecule has 2 N–H and O–H groups in total. The second-order valence-electron chi connectivity index (χ2n) is 6.04. The molecule has 0 unspecified atom stereocenters. The van der Waals surface area contributed by atoms with Crippen LogP contribution in [0.3, 0.4) is 0 Å². The molecule has 0 saturated carbocycles. The van der Waals surface area contributed by atoms with Crippen LogP contribution in [0.25, 0.3) is 0 Å². The standard InChI is InChI=1S/C18H25N3O2S/c1-2-3-4-7-16(22)20-18(24)19-15-10-8-14(9-11-15)17(23)21-12-5-6-13-21/h8-11H,2-7,12-13H2,1H3,(H2,19,20,22,24). The minimum absolute atomic E-state index is 0.0678. The second kappa shape index (κ2) is 9.37. The predicted octanol–water partition coefficient (Wildman–Crippen LogP) is 3.32. The SMILES string of the molecule is CCCCCC(=O)NC(=S)Nc1ccc(C(=O)N2CCCC2)cc1. The largest absolute Gasteiger partial charge is 0.339 e. The highest BCUT2D eigenvalue weighted by molar-refractivity contribution is 7.80. The summed E-state index contributed by atoms with van der Waals surface area (Å²) < 4.78 is 0. The number of hydrogen-bond acceptors (Lipinski definition) is 3. The molecular formula is C18H25N3O2S. The number of carbonyl (C=O) groups excluding carboxylic acids is 2. The summed E-state index contributed by atoms with van der Waals surface area (Å²) in [6.07, 6.45) is 5.64. The van der Waals surface area contributed by atoms with E-state index in [1.807, 2.05) is 4.90 Å². The van der Waals surface area contributed by atoms with Gasteiger partial charge in [-0.05, 0) is 55.7 Å². The second-order valence-corrected chi connectivity index (χ2v) is 6.44. The van der Waals surface area contributed by atoms with Crippen molar-refractivity contribution in [3.8, 4) is 0 Å². The van der Waals surface area contributed by atoms with E-state index >= 15 is 0 Å². The quantitative estimate of drug-likeness (QED) is 0.612. The predicted molar refractivity (Wildman–Crippen MR) is 100 cm³/mol. The lowest BCUT2D eigenvalue weighted by molar-refractivity contribution is -0.119. The molecule has 2 amide bonds. The van der Waals surface area contributed by atoms with Gasteiger partial charge in [0.15, 0.2) is 5.11 Å². The first kappa shape index (κ1) is 18.4. The molecular weight excluding hydrogens is 322 g/mol. The third-order valence-corrected chi connectivity index (χ3v) is 4.25. The van der Waals surface area contributed by atoms with E-state index in [-0.39, 0.29) is 16.9 Å². The van der Waals surface area contributed by atoms with Crippen molar-refractivity contribution in [1.29, 1.82) is 0 Å². The number of thiocarbonyl (C=S) groups is 1. The Morgan fingerprint density at radius 1 is 1.12 bits per heavy atom. The van der Waals surface area contributed by atoms with Crippen molar-refractivity contribution in [3.63, 3.8) is 0 Å². The van der Waals surface area contributed by atoms with Crippen molar-refractivity contribution in [2.45, 2.75) is 45.4 Å². The molecule has 0 spiro atoms. The Hall–Kier alpha value is -1.95. The number of carbonyl (C=O) groups is 2. The van der Waals surface area contributed by atoms with E-state index in [4.69, 9.17) is 12.2 Å². The normalized spacial score (nSPS) is 13.6. The number of nitrogens with zero attached hydrogens (tertiary/aromatic N) is 1. The Morgan fingerprint density at radius 3 is 2.42 bits per heavy atom. The molecule has 1 aromatic rings. The summed E-state index contributed by atoms with van der Waals surface area (Å²) >= 11 is 5.14. The Bertz CT molecular complexity index is 580. The zero-order chi connectivity index (χ0) is 17.4. The van der Waals surface area contributed by atoms with Crippen LogP contribution >= 0.6 is 12.2 Å². The van der Waals surface area contributed by atoms with E-state index in [0.717, 1.165) is 50.9 Å². The van der Waals surface area contributed by atoms with Crippen LogP contribution in [0.1, 0.15) is 55.8 Å². The highest BCUT2D eigenvalue weighted by Gasteiger charge is 2.19. The molecule has 130 valence electrons. The van der Waals surface area contributed by atoms with Crippen LogP contribution in [-0.2, 0) is 4.79 Å². The fraction of sp³-hybridized carbons (Fsp3) is 0.500. The van der Waals surface area contributed by atoms with Gasteiger partial charge in [0.05, 0.1) is 0 Å². The maximum Gasteiger partial charge on any atom is 0.253 e. The van der Waals surface area contributed by atoms with Gasteiger partial charge in [0.1, 0.15) is 0 Å². The van der Waals surface area contributed by atoms with Gasteiger partial charge in [0.25, 0.3) is 5.91 Å². The molecule has 1 aliphatic rings. The Balaban J connectivity index is 1.81. The number of unbranched alkanes of at least 4 members (excludes halogenated alkanes) is 2. The minimum atomic E-state index is -0.0678. The molecule has 24 heavy (non-hydrogen) atoms. The molecule has 1 aliphatic heterocycles. The molecule has 6 heteroatoms. The number of rotatable bonds is 6. The topological polar surface area (TPSA) is 61.4 Å². The average molecular weight is 347 g/mol. The van der Waals surface area contributed by atoms with Crippen molar-refractivity contribution in [1.82, 2.24) is 10.2 Å². The monoisotopic (exact) mass is 347 g/mol. The highest BCUT2D eigenvalue weighted by atomic mass is 32.1. The van der Waals surface area contributed by atoms with E-state index in [1.54, 1.807) is 24.3 Å². The molecule has 0 radical (unpaired) electrons. The lowest BCUT2D eigenvalue weighted by atomic mass is 10.2. The minimum Gasteiger partial charge on any atom is -0.339 e. The number of benzene rings is 1. The molecule has 2 rings (SSSR count). The van der Waals surface area contributed by atoms with Crippen LogP contribution in [0.2, 0.25) is 0 Å². The van der Waals surface area contributed by atoms with E-state index in [1.165, 1.54) is 0 Å². The first-order valence-corrected chi connectivity index (χ1v) is 9.01. The lowest BCUT2D eigenvalue weighted by Crippen LogP contribution is -2.33. The van der Waals surface area contributed by atoms with Gasteiger partial charge >= 0.3 is 0 Å². The summed E-state index contributed by atoms with van der Waals surface area (Å²) in [7, 11) is 0. The summed E-state index contributed by atoms with van der Waals surface area (Å²) in [4.78, 5) is 25.9. The lowest BCUT2D eigenvalue weighted by Gasteiger charge is -2.15. The van der Waals surface area contributed by atoms with E-state index in [9.17, 15) is 9.59 Å². The zero-order valence-electron chi connectivity index (χ0n) is 14.1.